The van der Waals surface area contributed by atoms with E-state index >= 15 is 0 Å². The van der Waals surface area contributed by atoms with Crippen LogP contribution < -0.4 is 4.90 Å². The standard InChI is InChI=1S/C21H21ClN4O/c1-15-2-4-17(5-3-15)21(27)26-12-10-25(11-13-26)20-14-19(23-24-20)16-6-8-18(22)9-7-16/h2-9,14H,10-13H2,1H3,(H,23,24). The summed E-state index contributed by atoms with van der Waals surface area (Å²) in [4.78, 5) is 16.8. The number of nitrogens with zero attached hydrogens (tertiary/aromatic N) is 3. The third kappa shape index (κ3) is 3.83. The minimum absolute atomic E-state index is 0.0959. The summed E-state index contributed by atoms with van der Waals surface area (Å²) < 4.78 is 0. The zero-order valence-corrected chi connectivity index (χ0v) is 15.9. The largest absolute Gasteiger partial charge is 0.352 e. The lowest BCUT2D eigenvalue weighted by atomic mass is 10.1. The fraction of sp³-hybridized carbons (Fsp3) is 0.238. The molecule has 0 bridgehead atoms. The van der Waals surface area contributed by atoms with E-state index in [1.165, 1.54) is 0 Å². The number of piperazine rings is 1. The van der Waals surface area contributed by atoms with Crippen LogP contribution in [-0.2, 0) is 0 Å². The summed E-state index contributed by atoms with van der Waals surface area (Å²) in [6.45, 7) is 4.94. The van der Waals surface area contributed by atoms with Crippen LogP contribution in [0.25, 0.3) is 11.3 Å². The average Bonchev–Trinajstić information content (AvgIpc) is 3.19. The highest BCUT2D eigenvalue weighted by Gasteiger charge is 2.23. The highest BCUT2D eigenvalue weighted by Crippen LogP contribution is 2.24. The summed E-state index contributed by atoms with van der Waals surface area (Å²) >= 11 is 5.95. The van der Waals surface area contributed by atoms with E-state index in [0.29, 0.717) is 18.1 Å². The molecule has 0 atom stereocenters. The number of anilines is 1. The summed E-state index contributed by atoms with van der Waals surface area (Å²) in [6, 6.07) is 17.5. The fourth-order valence-electron chi connectivity index (χ4n) is 3.27. The number of aromatic nitrogens is 2. The van der Waals surface area contributed by atoms with Crippen molar-refractivity contribution in [2.75, 3.05) is 31.1 Å². The average molecular weight is 381 g/mol. The third-order valence-electron chi connectivity index (χ3n) is 4.91. The second kappa shape index (κ2) is 7.45. The van der Waals surface area contributed by atoms with Crippen molar-refractivity contribution in [2.45, 2.75) is 6.92 Å². The lowest BCUT2D eigenvalue weighted by Crippen LogP contribution is -2.48. The van der Waals surface area contributed by atoms with Crippen molar-refractivity contribution >= 4 is 23.3 Å². The van der Waals surface area contributed by atoms with E-state index in [1.807, 2.05) is 66.4 Å². The van der Waals surface area contributed by atoms with E-state index in [2.05, 4.69) is 15.1 Å². The van der Waals surface area contributed by atoms with Gasteiger partial charge >= 0.3 is 0 Å². The Morgan fingerprint density at radius 1 is 1.00 bits per heavy atom. The van der Waals surface area contributed by atoms with Crippen LogP contribution in [0.2, 0.25) is 5.02 Å². The van der Waals surface area contributed by atoms with Crippen molar-refractivity contribution in [2.24, 2.45) is 0 Å². The Balaban J connectivity index is 1.40. The maximum atomic E-state index is 12.6. The molecule has 138 valence electrons. The molecule has 5 nitrogen and oxygen atoms in total. The van der Waals surface area contributed by atoms with Gasteiger partial charge in [-0.2, -0.15) is 5.10 Å². The molecule has 6 heteroatoms. The van der Waals surface area contributed by atoms with E-state index in [9.17, 15) is 4.79 Å². The minimum Gasteiger partial charge on any atom is -0.352 e. The molecule has 1 aliphatic heterocycles. The van der Waals surface area contributed by atoms with Crippen LogP contribution >= 0.6 is 11.6 Å². The minimum atomic E-state index is 0.0959. The Labute approximate surface area is 163 Å². The maximum absolute atomic E-state index is 12.6. The Bertz CT molecular complexity index is 926. The zero-order chi connectivity index (χ0) is 18.8. The van der Waals surface area contributed by atoms with Crippen LogP contribution in [0, 0.1) is 6.92 Å². The number of halogens is 1. The van der Waals surface area contributed by atoms with Gasteiger partial charge < -0.3 is 9.80 Å². The molecule has 1 saturated heterocycles. The number of amides is 1. The summed E-state index contributed by atoms with van der Waals surface area (Å²) in [6.07, 6.45) is 0. The van der Waals surface area contributed by atoms with Gasteiger partial charge in [-0.25, -0.2) is 0 Å². The molecule has 2 aromatic carbocycles. The smallest absolute Gasteiger partial charge is 0.253 e. The number of nitrogens with one attached hydrogen (secondary N) is 1. The predicted molar refractivity (Wildman–Crippen MR) is 108 cm³/mol. The van der Waals surface area contributed by atoms with Gasteiger partial charge in [-0.1, -0.05) is 41.4 Å². The Kier molecular flexibility index (Phi) is 4.86. The van der Waals surface area contributed by atoms with Gasteiger partial charge in [0.1, 0.15) is 0 Å². The summed E-state index contributed by atoms with van der Waals surface area (Å²) in [5, 5.41) is 8.25. The quantitative estimate of drug-likeness (QED) is 0.747. The molecule has 4 rings (SSSR count). The van der Waals surface area contributed by atoms with Crippen molar-refractivity contribution in [3.8, 4) is 11.3 Å². The second-order valence-corrected chi connectivity index (χ2v) is 7.23. The Hall–Kier alpha value is -2.79. The van der Waals surface area contributed by atoms with Crippen LogP contribution in [0.5, 0.6) is 0 Å². The monoisotopic (exact) mass is 380 g/mol. The van der Waals surface area contributed by atoms with E-state index in [0.717, 1.165) is 41.3 Å². The normalized spacial score (nSPS) is 14.4. The van der Waals surface area contributed by atoms with Crippen molar-refractivity contribution < 1.29 is 4.79 Å². The maximum Gasteiger partial charge on any atom is 0.253 e. The molecule has 1 amide bonds. The number of aromatic amines is 1. The van der Waals surface area contributed by atoms with Gasteiger partial charge in [-0.15, -0.1) is 0 Å². The van der Waals surface area contributed by atoms with Gasteiger partial charge in [0.15, 0.2) is 5.82 Å². The van der Waals surface area contributed by atoms with Crippen molar-refractivity contribution in [3.05, 3.63) is 70.7 Å². The van der Waals surface area contributed by atoms with Gasteiger partial charge in [0, 0.05) is 42.8 Å². The van der Waals surface area contributed by atoms with Crippen molar-refractivity contribution in [3.63, 3.8) is 0 Å². The highest BCUT2D eigenvalue weighted by molar-refractivity contribution is 6.30. The van der Waals surface area contributed by atoms with Crippen LogP contribution in [0.4, 0.5) is 5.82 Å². The Morgan fingerprint density at radius 2 is 1.67 bits per heavy atom. The van der Waals surface area contributed by atoms with Crippen LogP contribution in [0.3, 0.4) is 0 Å². The number of rotatable bonds is 3. The van der Waals surface area contributed by atoms with E-state index in [1.54, 1.807) is 0 Å². The molecule has 0 unspecified atom stereocenters. The molecule has 0 spiro atoms. The molecule has 1 fully saturated rings. The number of benzene rings is 2. The summed E-state index contributed by atoms with van der Waals surface area (Å²) in [5.41, 5.74) is 3.91. The molecule has 27 heavy (non-hydrogen) atoms. The molecule has 3 aromatic rings. The molecule has 1 N–H and O–H groups in total. The van der Waals surface area contributed by atoms with Gasteiger partial charge in [0.25, 0.3) is 5.91 Å². The number of carbonyl (C=O) groups excluding carboxylic acids is 1. The SMILES string of the molecule is Cc1ccc(C(=O)N2CCN(c3cc(-c4ccc(Cl)cc4)[nH]n3)CC2)cc1. The topological polar surface area (TPSA) is 52.2 Å². The van der Waals surface area contributed by atoms with Gasteiger partial charge in [-0.05, 0) is 36.8 Å². The lowest BCUT2D eigenvalue weighted by molar-refractivity contribution is 0.0746. The number of carbonyl (C=O) groups is 1. The zero-order valence-electron chi connectivity index (χ0n) is 15.2. The predicted octanol–water partition coefficient (Wildman–Crippen LogP) is 4.00. The van der Waals surface area contributed by atoms with Crippen LogP contribution in [0.1, 0.15) is 15.9 Å². The van der Waals surface area contributed by atoms with Crippen molar-refractivity contribution in [1.82, 2.24) is 15.1 Å². The molecule has 1 aromatic heterocycles. The molecular formula is C21H21ClN4O. The van der Waals surface area contributed by atoms with E-state index in [-0.39, 0.29) is 5.91 Å². The van der Waals surface area contributed by atoms with Crippen LogP contribution in [-0.4, -0.2) is 47.2 Å². The molecular weight excluding hydrogens is 360 g/mol. The van der Waals surface area contributed by atoms with Crippen LogP contribution in [0.15, 0.2) is 54.6 Å². The first-order valence-electron chi connectivity index (χ1n) is 9.02. The fourth-order valence-corrected chi connectivity index (χ4v) is 3.39. The highest BCUT2D eigenvalue weighted by atomic mass is 35.5. The number of aryl methyl sites for hydroxylation is 1. The number of hydrogen-bond acceptors (Lipinski definition) is 3. The number of hydrogen-bond donors (Lipinski definition) is 1. The Morgan fingerprint density at radius 3 is 2.33 bits per heavy atom. The second-order valence-electron chi connectivity index (χ2n) is 6.79. The van der Waals surface area contributed by atoms with E-state index < -0.39 is 0 Å². The first kappa shape index (κ1) is 17.6. The van der Waals surface area contributed by atoms with Gasteiger partial charge in [0.2, 0.25) is 0 Å². The molecule has 1 aliphatic rings. The van der Waals surface area contributed by atoms with Gasteiger partial charge in [0.05, 0.1) is 5.69 Å². The summed E-state index contributed by atoms with van der Waals surface area (Å²) in [7, 11) is 0. The van der Waals surface area contributed by atoms with Crippen molar-refractivity contribution in [1.29, 1.82) is 0 Å². The molecule has 0 saturated carbocycles. The first-order chi connectivity index (χ1) is 13.1. The third-order valence-corrected chi connectivity index (χ3v) is 5.16. The van der Waals surface area contributed by atoms with E-state index in [4.69, 9.17) is 11.6 Å². The lowest BCUT2D eigenvalue weighted by Gasteiger charge is -2.34. The molecule has 2 heterocycles. The first-order valence-corrected chi connectivity index (χ1v) is 9.40. The number of H-pyrrole nitrogens is 1. The molecule has 0 radical (unpaired) electrons. The summed E-state index contributed by atoms with van der Waals surface area (Å²) in [5.74, 6) is 1.00. The van der Waals surface area contributed by atoms with Gasteiger partial charge in [-0.3, -0.25) is 9.89 Å². The molecule has 0 aliphatic carbocycles.